The van der Waals surface area contributed by atoms with Crippen molar-refractivity contribution >= 4 is 17.8 Å². The summed E-state index contributed by atoms with van der Waals surface area (Å²) in [6, 6.07) is 8.76. The maximum Gasteiger partial charge on any atom is 0.339 e. The molecule has 2 rings (SSSR count). The Labute approximate surface area is 157 Å². The molecule has 0 bridgehead atoms. The maximum atomic E-state index is 12.6. The second-order valence-electron chi connectivity index (χ2n) is 6.96. The van der Waals surface area contributed by atoms with Gasteiger partial charge in [0.05, 0.1) is 0 Å². The van der Waals surface area contributed by atoms with Crippen LogP contribution in [0.1, 0.15) is 66.0 Å². The molecule has 7 heteroatoms. The normalized spacial score (nSPS) is 12.3. The summed E-state index contributed by atoms with van der Waals surface area (Å²) >= 11 is 0. The van der Waals surface area contributed by atoms with Gasteiger partial charge in [0.2, 0.25) is 0 Å². The van der Waals surface area contributed by atoms with E-state index in [-0.39, 0.29) is 17.1 Å². The number of carboxylic acids is 1. The number of aryl methyl sites for hydroxylation is 1. The molecule has 0 spiro atoms. The zero-order valence-electron chi connectivity index (χ0n) is 15.7. The number of amides is 1. The van der Waals surface area contributed by atoms with Gasteiger partial charge in [-0.1, -0.05) is 37.3 Å². The molecule has 1 heterocycles. The highest BCUT2D eigenvalue weighted by molar-refractivity contribution is 5.98. The highest BCUT2D eigenvalue weighted by atomic mass is 16.6. The van der Waals surface area contributed by atoms with Crippen LogP contribution >= 0.6 is 0 Å². The highest BCUT2D eigenvalue weighted by Gasteiger charge is 2.30. The van der Waals surface area contributed by atoms with E-state index in [1.165, 1.54) is 0 Å². The summed E-state index contributed by atoms with van der Waals surface area (Å²) in [5.74, 6) is -2.48. The Balaban J connectivity index is 2.31. The van der Waals surface area contributed by atoms with Gasteiger partial charge in [0.1, 0.15) is 16.9 Å². The van der Waals surface area contributed by atoms with Crippen LogP contribution in [0.15, 0.2) is 40.8 Å². The number of aromatic carboxylic acids is 1. The van der Waals surface area contributed by atoms with Crippen molar-refractivity contribution < 1.29 is 28.6 Å². The Bertz CT molecular complexity index is 832. The van der Waals surface area contributed by atoms with Crippen molar-refractivity contribution in [2.75, 3.05) is 0 Å². The molecule has 0 saturated carbocycles. The number of carbonyl (C=O) groups is 3. The van der Waals surface area contributed by atoms with Gasteiger partial charge in [-0.3, -0.25) is 4.79 Å². The van der Waals surface area contributed by atoms with Gasteiger partial charge < -0.3 is 19.6 Å². The number of hydrogen-bond acceptors (Lipinski definition) is 5. The molecule has 0 radical (unpaired) electrons. The summed E-state index contributed by atoms with van der Waals surface area (Å²) in [4.78, 5) is 36.5. The Kier molecular flexibility index (Phi) is 6.05. The van der Waals surface area contributed by atoms with Crippen molar-refractivity contribution in [2.24, 2.45) is 0 Å². The number of furan rings is 1. The van der Waals surface area contributed by atoms with Crippen LogP contribution < -0.4 is 5.32 Å². The molecule has 27 heavy (non-hydrogen) atoms. The molecule has 0 aliphatic heterocycles. The number of esters is 1. The monoisotopic (exact) mass is 373 g/mol. The van der Waals surface area contributed by atoms with Gasteiger partial charge in [-0.2, -0.15) is 0 Å². The average molecular weight is 373 g/mol. The van der Waals surface area contributed by atoms with Gasteiger partial charge in [-0.15, -0.1) is 0 Å². The third-order valence-electron chi connectivity index (χ3n) is 3.64. The minimum absolute atomic E-state index is 0.0730. The summed E-state index contributed by atoms with van der Waals surface area (Å²) in [6.45, 7) is 6.91. The van der Waals surface area contributed by atoms with Crippen LogP contribution in [0.5, 0.6) is 0 Å². The van der Waals surface area contributed by atoms with Crippen LogP contribution in [-0.2, 0) is 16.0 Å². The standard InChI is InChI=1S/C20H23NO6/c1-5-14-13(18(23)24)11-15(26-14)17(22)21-16(12-9-7-6-8-10-12)19(25)27-20(2,3)4/h6-11,16H,5H2,1-4H3,(H,21,22)(H,23,24)/t16-/m0/s1. The predicted molar refractivity (Wildman–Crippen MR) is 97.5 cm³/mol. The Morgan fingerprint density at radius 1 is 1.19 bits per heavy atom. The Hall–Kier alpha value is -3.09. The second-order valence-corrected chi connectivity index (χ2v) is 6.96. The summed E-state index contributed by atoms with van der Waals surface area (Å²) < 4.78 is 10.8. The van der Waals surface area contributed by atoms with Gasteiger partial charge in [0.25, 0.3) is 5.91 Å². The smallest absolute Gasteiger partial charge is 0.339 e. The molecule has 7 nitrogen and oxygen atoms in total. The molecular weight excluding hydrogens is 350 g/mol. The van der Waals surface area contributed by atoms with Crippen LogP contribution in [0.4, 0.5) is 0 Å². The minimum Gasteiger partial charge on any atom is -0.478 e. The quantitative estimate of drug-likeness (QED) is 0.752. The lowest BCUT2D eigenvalue weighted by Gasteiger charge is -2.24. The van der Waals surface area contributed by atoms with Gasteiger partial charge in [0.15, 0.2) is 11.8 Å². The van der Waals surface area contributed by atoms with E-state index in [1.54, 1.807) is 58.0 Å². The second kappa shape index (κ2) is 8.07. The average Bonchev–Trinajstić information content (AvgIpc) is 3.03. The lowest BCUT2D eigenvalue weighted by atomic mass is 10.1. The fourth-order valence-electron chi connectivity index (χ4n) is 2.47. The molecule has 1 atom stereocenters. The third kappa shape index (κ3) is 5.20. The number of rotatable bonds is 6. The van der Waals surface area contributed by atoms with Gasteiger partial charge in [0, 0.05) is 12.5 Å². The van der Waals surface area contributed by atoms with E-state index in [4.69, 9.17) is 9.15 Å². The highest BCUT2D eigenvalue weighted by Crippen LogP contribution is 2.21. The molecule has 1 amide bonds. The molecule has 2 aromatic rings. The number of carboxylic acid groups (broad SMARTS) is 1. The molecule has 0 saturated heterocycles. The lowest BCUT2D eigenvalue weighted by molar-refractivity contribution is -0.157. The Morgan fingerprint density at radius 2 is 1.81 bits per heavy atom. The molecular formula is C20H23NO6. The third-order valence-corrected chi connectivity index (χ3v) is 3.64. The van der Waals surface area contributed by atoms with Crippen molar-refractivity contribution in [1.82, 2.24) is 5.32 Å². The Morgan fingerprint density at radius 3 is 2.30 bits per heavy atom. The van der Waals surface area contributed by atoms with E-state index < -0.39 is 29.5 Å². The molecule has 0 unspecified atom stereocenters. The minimum atomic E-state index is -1.18. The first-order valence-corrected chi connectivity index (χ1v) is 8.57. The van der Waals surface area contributed by atoms with E-state index in [9.17, 15) is 19.5 Å². The SMILES string of the molecule is CCc1oc(C(=O)N[C@H](C(=O)OC(C)(C)C)c2ccccc2)cc1C(=O)O. The lowest BCUT2D eigenvalue weighted by Crippen LogP contribution is -2.38. The zero-order chi connectivity index (χ0) is 20.2. The molecule has 0 fully saturated rings. The number of carbonyl (C=O) groups excluding carboxylic acids is 2. The number of ether oxygens (including phenoxy) is 1. The van der Waals surface area contributed by atoms with Crippen LogP contribution in [0.2, 0.25) is 0 Å². The molecule has 0 aliphatic rings. The van der Waals surface area contributed by atoms with E-state index in [2.05, 4.69) is 5.32 Å². The summed E-state index contributed by atoms with van der Waals surface area (Å²) in [5, 5.41) is 11.8. The van der Waals surface area contributed by atoms with Crippen molar-refractivity contribution in [3.63, 3.8) is 0 Å². The summed E-state index contributed by atoms with van der Waals surface area (Å²) in [6.07, 6.45) is 0.323. The first-order chi connectivity index (χ1) is 12.6. The molecule has 1 aromatic heterocycles. The first-order valence-electron chi connectivity index (χ1n) is 8.57. The fourth-order valence-corrected chi connectivity index (χ4v) is 2.47. The van der Waals surface area contributed by atoms with Crippen LogP contribution in [0, 0.1) is 0 Å². The largest absolute Gasteiger partial charge is 0.478 e. The predicted octanol–water partition coefficient (Wildman–Crippen LogP) is 3.35. The molecule has 2 N–H and O–H groups in total. The zero-order valence-corrected chi connectivity index (χ0v) is 15.7. The topological polar surface area (TPSA) is 106 Å². The van der Waals surface area contributed by atoms with E-state index in [0.29, 0.717) is 12.0 Å². The number of nitrogens with one attached hydrogen (secondary N) is 1. The molecule has 144 valence electrons. The van der Waals surface area contributed by atoms with E-state index >= 15 is 0 Å². The number of benzene rings is 1. The maximum absolute atomic E-state index is 12.6. The van der Waals surface area contributed by atoms with Crippen molar-refractivity contribution in [1.29, 1.82) is 0 Å². The molecule has 0 aliphatic carbocycles. The van der Waals surface area contributed by atoms with Crippen molar-refractivity contribution in [2.45, 2.75) is 45.8 Å². The van der Waals surface area contributed by atoms with Gasteiger partial charge in [-0.05, 0) is 26.3 Å². The van der Waals surface area contributed by atoms with Crippen LogP contribution in [0.25, 0.3) is 0 Å². The van der Waals surface area contributed by atoms with E-state index in [0.717, 1.165) is 6.07 Å². The summed E-state index contributed by atoms with van der Waals surface area (Å²) in [7, 11) is 0. The van der Waals surface area contributed by atoms with Gasteiger partial charge in [-0.25, -0.2) is 9.59 Å². The number of hydrogen-bond donors (Lipinski definition) is 2. The van der Waals surface area contributed by atoms with Gasteiger partial charge >= 0.3 is 11.9 Å². The van der Waals surface area contributed by atoms with Crippen LogP contribution in [-0.4, -0.2) is 28.6 Å². The first kappa shape index (κ1) is 20.2. The van der Waals surface area contributed by atoms with Crippen molar-refractivity contribution in [3.8, 4) is 0 Å². The van der Waals surface area contributed by atoms with E-state index in [1.807, 2.05) is 0 Å². The van der Waals surface area contributed by atoms with Crippen molar-refractivity contribution in [3.05, 3.63) is 59.0 Å². The molecule has 1 aromatic carbocycles. The summed E-state index contributed by atoms with van der Waals surface area (Å²) in [5.41, 5.74) is -0.261. The fraction of sp³-hybridized carbons (Fsp3) is 0.350. The van der Waals surface area contributed by atoms with Crippen LogP contribution in [0.3, 0.4) is 0 Å².